The highest BCUT2D eigenvalue weighted by atomic mass is 79.9. The first-order valence-corrected chi connectivity index (χ1v) is 8.14. The lowest BCUT2D eigenvalue weighted by atomic mass is 10.00. The van der Waals surface area contributed by atoms with Gasteiger partial charge in [-0.3, -0.25) is 0 Å². The molecule has 0 aliphatic carbocycles. The van der Waals surface area contributed by atoms with Crippen LogP contribution in [-0.4, -0.2) is 0 Å². The van der Waals surface area contributed by atoms with Crippen LogP contribution in [0.15, 0.2) is 40.9 Å². The maximum absolute atomic E-state index is 3.81. The predicted octanol–water partition coefficient (Wildman–Crippen LogP) is 6.05. The first-order chi connectivity index (χ1) is 8.97. The fourth-order valence-corrected chi connectivity index (χ4v) is 3.02. The van der Waals surface area contributed by atoms with Gasteiger partial charge in [-0.1, -0.05) is 62.2 Å². The second kappa shape index (κ2) is 6.23. The molecular formula is C17H18Br2. The summed E-state index contributed by atoms with van der Waals surface area (Å²) in [5.41, 5.74) is 6.71. The van der Waals surface area contributed by atoms with Crippen molar-refractivity contribution < 1.29 is 0 Å². The molecule has 2 heteroatoms. The third-order valence-electron chi connectivity index (χ3n) is 3.53. The first-order valence-electron chi connectivity index (χ1n) is 6.43. The van der Waals surface area contributed by atoms with Crippen LogP contribution in [0.5, 0.6) is 0 Å². The number of aryl methyl sites for hydroxylation is 3. The third kappa shape index (κ3) is 3.70. The lowest BCUT2D eigenvalue weighted by molar-refractivity contribution is 0.943. The van der Waals surface area contributed by atoms with E-state index >= 15 is 0 Å². The minimum Gasteiger partial charge on any atom is -0.0835 e. The van der Waals surface area contributed by atoms with Crippen molar-refractivity contribution in [3.05, 3.63) is 68.7 Å². The summed E-state index contributed by atoms with van der Waals surface area (Å²) in [6.45, 7) is 6.46. The van der Waals surface area contributed by atoms with Gasteiger partial charge in [0.2, 0.25) is 0 Å². The van der Waals surface area contributed by atoms with Crippen LogP contribution in [-0.2, 0) is 6.42 Å². The van der Waals surface area contributed by atoms with Crippen LogP contribution < -0.4 is 0 Å². The number of rotatable bonds is 3. The van der Waals surface area contributed by atoms with Crippen molar-refractivity contribution in [2.45, 2.75) is 32.0 Å². The molecule has 0 bridgehead atoms. The van der Waals surface area contributed by atoms with E-state index in [1.807, 2.05) is 0 Å². The molecule has 2 aromatic rings. The number of halogens is 2. The molecule has 0 saturated carbocycles. The Balaban J connectivity index is 2.17. The zero-order chi connectivity index (χ0) is 14.0. The molecule has 0 heterocycles. The molecule has 1 atom stereocenters. The van der Waals surface area contributed by atoms with Gasteiger partial charge >= 0.3 is 0 Å². The number of hydrogen-bond acceptors (Lipinski definition) is 0. The van der Waals surface area contributed by atoms with Gasteiger partial charge in [-0.05, 0) is 61.1 Å². The van der Waals surface area contributed by atoms with Gasteiger partial charge in [-0.2, -0.15) is 0 Å². The summed E-state index contributed by atoms with van der Waals surface area (Å²) in [6.07, 6.45) is 1.02. The van der Waals surface area contributed by atoms with Crippen molar-refractivity contribution in [3.8, 4) is 0 Å². The molecule has 0 N–H and O–H groups in total. The highest BCUT2D eigenvalue weighted by molar-refractivity contribution is 9.10. The van der Waals surface area contributed by atoms with Gasteiger partial charge in [0.05, 0.1) is 0 Å². The van der Waals surface area contributed by atoms with Crippen LogP contribution in [0.25, 0.3) is 0 Å². The number of alkyl halides is 1. The van der Waals surface area contributed by atoms with Gasteiger partial charge in [0.15, 0.2) is 0 Å². The van der Waals surface area contributed by atoms with Crippen molar-refractivity contribution in [2.24, 2.45) is 0 Å². The molecule has 0 spiro atoms. The Morgan fingerprint density at radius 2 is 1.63 bits per heavy atom. The van der Waals surface area contributed by atoms with E-state index in [1.54, 1.807) is 0 Å². The van der Waals surface area contributed by atoms with Gasteiger partial charge < -0.3 is 0 Å². The Labute approximate surface area is 132 Å². The number of benzene rings is 2. The fourth-order valence-electron chi connectivity index (χ4n) is 2.12. The monoisotopic (exact) mass is 380 g/mol. The van der Waals surface area contributed by atoms with Crippen molar-refractivity contribution in [3.63, 3.8) is 0 Å². The smallest absolute Gasteiger partial charge is 0.0435 e. The molecule has 0 amide bonds. The molecule has 0 fully saturated rings. The molecule has 1 unspecified atom stereocenters. The van der Waals surface area contributed by atoms with Gasteiger partial charge in [0.1, 0.15) is 0 Å². The minimum absolute atomic E-state index is 0.362. The van der Waals surface area contributed by atoms with Crippen LogP contribution in [0.3, 0.4) is 0 Å². The summed E-state index contributed by atoms with van der Waals surface area (Å²) in [7, 11) is 0. The molecule has 0 aromatic heterocycles. The Morgan fingerprint density at radius 3 is 2.26 bits per heavy atom. The maximum Gasteiger partial charge on any atom is 0.0435 e. The molecule has 0 nitrogen and oxygen atoms in total. The SMILES string of the molecule is Cc1ccc(CC(Br)c2ccc(Br)c(C)c2)cc1C. The van der Waals surface area contributed by atoms with Crippen LogP contribution >= 0.6 is 31.9 Å². The normalized spacial score (nSPS) is 12.5. The molecule has 0 aliphatic rings. The lowest BCUT2D eigenvalue weighted by Gasteiger charge is -2.13. The summed E-state index contributed by atoms with van der Waals surface area (Å²) in [4.78, 5) is 0.362. The van der Waals surface area contributed by atoms with E-state index in [0.717, 1.165) is 6.42 Å². The lowest BCUT2D eigenvalue weighted by Crippen LogP contribution is -1.97. The topological polar surface area (TPSA) is 0 Å². The van der Waals surface area contributed by atoms with Crippen LogP contribution in [0.2, 0.25) is 0 Å². The largest absolute Gasteiger partial charge is 0.0835 e. The first kappa shape index (κ1) is 14.8. The van der Waals surface area contributed by atoms with Gasteiger partial charge in [-0.15, -0.1) is 0 Å². The molecular weight excluding hydrogens is 364 g/mol. The molecule has 0 radical (unpaired) electrons. The molecule has 19 heavy (non-hydrogen) atoms. The van der Waals surface area contributed by atoms with Crippen LogP contribution in [0, 0.1) is 20.8 Å². The molecule has 2 rings (SSSR count). The van der Waals surface area contributed by atoms with Gasteiger partial charge in [0.25, 0.3) is 0 Å². The van der Waals surface area contributed by atoms with E-state index in [-0.39, 0.29) is 0 Å². The zero-order valence-electron chi connectivity index (χ0n) is 11.5. The molecule has 2 aromatic carbocycles. The van der Waals surface area contributed by atoms with Crippen molar-refractivity contribution >= 4 is 31.9 Å². The zero-order valence-corrected chi connectivity index (χ0v) is 14.7. The summed E-state index contributed by atoms with van der Waals surface area (Å²) >= 11 is 7.36. The second-order valence-corrected chi connectivity index (χ2v) is 7.06. The quantitative estimate of drug-likeness (QED) is 0.567. The van der Waals surface area contributed by atoms with Crippen molar-refractivity contribution in [2.75, 3.05) is 0 Å². The summed E-state index contributed by atoms with van der Waals surface area (Å²) in [5, 5.41) is 0. The Morgan fingerprint density at radius 1 is 0.895 bits per heavy atom. The average molecular weight is 382 g/mol. The molecule has 100 valence electrons. The van der Waals surface area contributed by atoms with Crippen LogP contribution in [0.1, 0.15) is 32.6 Å². The summed E-state index contributed by atoms with van der Waals surface area (Å²) in [6, 6.07) is 13.3. The summed E-state index contributed by atoms with van der Waals surface area (Å²) in [5.74, 6) is 0. The van der Waals surface area contributed by atoms with Crippen molar-refractivity contribution in [1.82, 2.24) is 0 Å². The maximum atomic E-state index is 3.81. The van der Waals surface area contributed by atoms with E-state index in [0.29, 0.717) is 4.83 Å². The van der Waals surface area contributed by atoms with Crippen LogP contribution in [0.4, 0.5) is 0 Å². The molecule has 0 aliphatic heterocycles. The van der Waals surface area contributed by atoms with Gasteiger partial charge in [0, 0.05) is 9.30 Å². The Kier molecular flexibility index (Phi) is 4.86. The van der Waals surface area contributed by atoms with E-state index in [2.05, 4.69) is 89.0 Å². The van der Waals surface area contributed by atoms with E-state index in [4.69, 9.17) is 0 Å². The average Bonchev–Trinajstić information content (AvgIpc) is 2.37. The highest BCUT2D eigenvalue weighted by Gasteiger charge is 2.10. The predicted molar refractivity (Wildman–Crippen MR) is 90.2 cm³/mol. The minimum atomic E-state index is 0.362. The number of hydrogen-bond donors (Lipinski definition) is 0. The third-order valence-corrected chi connectivity index (χ3v) is 5.27. The fraction of sp³-hybridized carbons (Fsp3) is 0.294. The standard InChI is InChI=1S/C17H18Br2/c1-11-4-5-14(8-12(11)2)10-17(19)15-6-7-16(18)13(3)9-15/h4-9,17H,10H2,1-3H3. The van der Waals surface area contributed by atoms with Crippen molar-refractivity contribution in [1.29, 1.82) is 0 Å². The highest BCUT2D eigenvalue weighted by Crippen LogP contribution is 2.30. The van der Waals surface area contributed by atoms with Gasteiger partial charge in [-0.25, -0.2) is 0 Å². The Bertz CT molecular complexity index is 588. The second-order valence-electron chi connectivity index (χ2n) is 5.10. The van der Waals surface area contributed by atoms with E-state index in [1.165, 1.54) is 32.3 Å². The summed E-state index contributed by atoms with van der Waals surface area (Å²) < 4.78 is 1.17. The Hall–Kier alpha value is -0.600. The molecule has 0 saturated heterocycles. The van der Waals surface area contributed by atoms with E-state index in [9.17, 15) is 0 Å². The van der Waals surface area contributed by atoms with E-state index < -0.39 is 0 Å².